The Morgan fingerprint density at radius 1 is 0.765 bits per heavy atom. The smallest absolute Gasteiger partial charge is 0.309 e. The molecule has 0 aromatic carbocycles. The molecule has 6 rings (SSSR count). The SMILES string of the molecule is CC1([C@@H]2CC[C@]3(C(=O)O)CC[C@]4(C)C(CC[C@@H]5[C@@]6(C)CC[C@H](O)C(C)(C)[C@@H]6CC[C@]54C)[C@H]23)CO1. The highest BCUT2D eigenvalue weighted by molar-refractivity contribution is 5.76. The maximum Gasteiger partial charge on any atom is 0.309 e. The molecule has 6 fully saturated rings. The molecule has 1 aliphatic heterocycles. The number of carbonyl (C=O) groups is 1. The van der Waals surface area contributed by atoms with E-state index in [1.54, 1.807) is 0 Å². The second-order valence-electron chi connectivity index (χ2n) is 15.3. The van der Waals surface area contributed by atoms with E-state index in [2.05, 4.69) is 41.5 Å². The molecule has 1 saturated heterocycles. The highest BCUT2D eigenvalue weighted by Gasteiger charge is 2.73. The summed E-state index contributed by atoms with van der Waals surface area (Å²) in [6.07, 6.45) is 10.5. The molecule has 5 aliphatic carbocycles. The Balaban J connectivity index is 1.41. The van der Waals surface area contributed by atoms with Crippen molar-refractivity contribution in [1.82, 2.24) is 0 Å². The van der Waals surface area contributed by atoms with E-state index in [0.717, 1.165) is 45.1 Å². The summed E-state index contributed by atoms with van der Waals surface area (Å²) < 4.78 is 6.00. The van der Waals surface area contributed by atoms with Gasteiger partial charge in [-0.1, -0.05) is 34.6 Å². The minimum Gasteiger partial charge on any atom is -0.481 e. The molecule has 0 radical (unpaired) electrons. The third-order valence-corrected chi connectivity index (χ3v) is 14.2. The van der Waals surface area contributed by atoms with Gasteiger partial charge in [0.2, 0.25) is 0 Å². The first-order valence-corrected chi connectivity index (χ1v) is 14.3. The van der Waals surface area contributed by atoms with E-state index < -0.39 is 11.4 Å². The number of carboxylic acid groups (broad SMARTS) is 1. The van der Waals surface area contributed by atoms with Crippen LogP contribution in [0.5, 0.6) is 0 Å². The first kappa shape index (κ1) is 23.8. The van der Waals surface area contributed by atoms with Gasteiger partial charge >= 0.3 is 5.97 Å². The zero-order chi connectivity index (χ0) is 24.5. The van der Waals surface area contributed by atoms with Crippen LogP contribution in [0.1, 0.15) is 106 Å². The van der Waals surface area contributed by atoms with Gasteiger partial charge in [0.1, 0.15) is 0 Å². The maximum absolute atomic E-state index is 12.9. The van der Waals surface area contributed by atoms with Crippen molar-refractivity contribution in [3.05, 3.63) is 0 Å². The Kier molecular flexibility index (Phi) is 4.77. The molecule has 5 saturated carbocycles. The van der Waals surface area contributed by atoms with Crippen molar-refractivity contribution >= 4 is 5.97 Å². The van der Waals surface area contributed by atoms with Crippen LogP contribution in [-0.2, 0) is 9.53 Å². The Morgan fingerprint density at radius 2 is 1.47 bits per heavy atom. The fraction of sp³-hybridized carbons (Fsp3) is 0.967. The second kappa shape index (κ2) is 6.82. The molecule has 192 valence electrons. The first-order chi connectivity index (χ1) is 15.8. The fourth-order valence-electron chi connectivity index (χ4n) is 12.0. The van der Waals surface area contributed by atoms with Gasteiger partial charge in [0.15, 0.2) is 0 Å². The van der Waals surface area contributed by atoms with E-state index in [1.807, 2.05) is 0 Å². The molecule has 4 nitrogen and oxygen atoms in total. The predicted octanol–water partition coefficient (Wildman–Crippen LogP) is 6.30. The van der Waals surface area contributed by atoms with Crippen LogP contribution in [0.25, 0.3) is 0 Å². The van der Waals surface area contributed by atoms with Crippen LogP contribution < -0.4 is 0 Å². The van der Waals surface area contributed by atoms with Crippen LogP contribution >= 0.6 is 0 Å². The summed E-state index contributed by atoms with van der Waals surface area (Å²) in [6.45, 7) is 15.4. The Morgan fingerprint density at radius 3 is 2.12 bits per heavy atom. The molecule has 0 spiro atoms. The largest absolute Gasteiger partial charge is 0.481 e. The van der Waals surface area contributed by atoms with E-state index in [0.29, 0.717) is 23.7 Å². The van der Waals surface area contributed by atoms with Gasteiger partial charge in [-0.15, -0.1) is 0 Å². The molecule has 2 unspecified atom stereocenters. The van der Waals surface area contributed by atoms with Crippen LogP contribution in [0.4, 0.5) is 0 Å². The van der Waals surface area contributed by atoms with Crippen LogP contribution in [0, 0.1) is 56.7 Å². The lowest BCUT2D eigenvalue weighted by Gasteiger charge is -2.72. The topological polar surface area (TPSA) is 70.1 Å². The van der Waals surface area contributed by atoms with E-state index in [1.165, 1.54) is 25.7 Å². The summed E-state index contributed by atoms with van der Waals surface area (Å²) in [5.41, 5.74) is 0.0393. The van der Waals surface area contributed by atoms with Gasteiger partial charge in [0.25, 0.3) is 0 Å². The number of aliphatic carboxylic acids is 1. The summed E-state index contributed by atoms with van der Waals surface area (Å²) in [5, 5.41) is 21.5. The van der Waals surface area contributed by atoms with Gasteiger partial charge in [0.05, 0.1) is 23.7 Å². The lowest BCUT2D eigenvalue weighted by atomic mass is 9.32. The summed E-state index contributed by atoms with van der Waals surface area (Å²) >= 11 is 0. The second-order valence-corrected chi connectivity index (χ2v) is 15.3. The number of aliphatic hydroxyl groups is 1. The number of hydrogen-bond acceptors (Lipinski definition) is 3. The normalized spacial score (nSPS) is 59.9. The summed E-state index contributed by atoms with van der Waals surface area (Å²) in [6, 6.07) is 0. The molecular weight excluding hydrogens is 424 g/mol. The monoisotopic (exact) mass is 472 g/mol. The maximum atomic E-state index is 12.9. The third-order valence-electron chi connectivity index (χ3n) is 14.2. The van der Waals surface area contributed by atoms with Crippen LogP contribution in [-0.4, -0.2) is 34.5 Å². The summed E-state index contributed by atoms with van der Waals surface area (Å²) in [4.78, 5) is 12.9. The standard InChI is InChI=1S/C30H48O4/c1-25(2)20-10-13-28(5)21(26(20,3)12-11-22(25)31)8-7-18-23-19(29(6)17-34-29)9-14-30(23,24(32)33)16-15-27(18,28)4/h18-23,31H,7-17H2,1-6H3,(H,32,33)/t18?,19-,20+,21-,22+,23-,26+,27-,28-,29?,30+/m1/s1. The molecule has 0 aromatic rings. The lowest BCUT2D eigenvalue weighted by Crippen LogP contribution is -2.67. The molecule has 4 heteroatoms. The predicted molar refractivity (Wildman–Crippen MR) is 132 cm³/mol. The van der Waals surface area contributed by atoms with E-state index in [9.17, 15) is 15.0 Å². The Labute approximate surface area is 206 Å². The molecular formula is C30H48O4. The van der Waals surface area contributed by atoms with Crippen LogP contribution in [0.3, 0.4) is 0 Å². The van der Waals surface area contributed by atoms with Gasteiger partial charge in [-0.2, -0.15) is 0 Å². The molecule has 1 heterocycles. The molecule has 6 aliphatic rings. The van der Waals surface area contributed by atoms with Crippen molar-refractivity contribution < 1.29 is 19.7 Å². The number of fused-ring (bicyclic) bond motifs is 7. The zero-order valence-corrected chi connectivity index (χ0v) is 22.5. The lowest BCUT2D eigenvalue weighted by molar-refractivity contribution is -0.249. The highest BCUT2D eigenvalue weighted by Crippen LogP contribution is 2.78. The van der Waals surface area contributed by atoms with Crippen LogP contribution in [0.2, 0.25) is 0 Å². The molecule has 11 atom stereocenters. The zero-order valence-electron chi connectivity index (χ0n) is 22.5. The minimum atomic E-state index is -0.537. The molecule has 34 heavy (non-hydrogen) atoms. The number of carboxylic acids is 1. The molecule has 0 amide bonds. The van der Waals surface area contributed by atoms with Crippen LogP contribution in [0.15, 0.2) is 0 Å². The van der Waals surface area contributed by atoms with Gasteiger partial charge in [-0.3, -0.25) is 4.79 Å². The average molecular weight is 473 g/mol. The first-order valence-electron chi connectivity index (χ1n) is 14.3. The van der Waals surface area contributed by atoms with Gasteiger partial charge in [-0.05, 0) is 122 Å². The molecule has 0 aromatic heterocycles. The Hall–Kier alpha value is -0.610. The van der Waals surface area contributed by atoms with Crippen molar-refractivity contribution in [1.29, 1.82) is 0 Å². The van der Waals surface area contributed by atoms with Crippen molar-refractivity contribution in [2.45, 2.75) is 117 Å². The number of aliphatic hydroxyl groups excluding tert-OH is 1. The highest BCUT2D eigenvalue weighted by atomic mass is 16.6. The summed E-state index contributed by atoms with van der Waals surface area (Å²) in [5.74, 6) is 1.83. The van der Waals surface area contributed by atoms with Crippen molar-refractivity contribution in [2.75, 3.05) is 6.61 Å². The minimum absolute atomic E-state index is 0.0223. The number of ether oxygens (including phenoxy) is 1. The van der Waals surface area contributed by atoms with Gasteiger partial charge in [-0.25, -0.2) is 0 Å². The summed E-state index contributed by atoms with van der Waals surface area (Å²) in [7, 11) is 0. The third kappa shape index (κ3) is 2.61. The Bertz CT molecular complexity index is 892. The van der Waals surface area contributed by atoms with E-state index >= 15 is 0 Å². The number of hydrogen-bond donors (Lipinski definition) is 2. The van der Waals surface area contributed by atoms with Crippen molar-refractivity contribution in [3.8, 4) is 0 Å². The number of epoxide rings is 1. The quantitative estimate of drug-likeness (QED) is 0.463. The number of rotatable bonds is 2. The van der Waals surface area contributed by atoms with Crippen molar-refractivity contribution in [2.24, 2.45) is 56.7 Å². The molecule has 0 bridgehead atoms. The van der Waals surface area contributed by atoms with Gasteiger partial charge in [0, 0.05) is 0 Å². The van der Waals surface area contributed by atoms with Crippen molar-refractivity contribution in [3.63, 3.8) is 0 Å². The fourth-order valence-corrected chi connectivity index (χ4v) is 12.0. The molecule has 2 N–H and O–H groups in total. The van der Waals surface area contributed by atoms with E-state index in [4.69, 9.17) is 4.74 Å². The van der Waals surface area contributed by atoms with E-state index in [-0.39, 0.29) is 39.3 Å². The average Bonchev–Trinajstić information content (AvgIpc) is 3.37. The van der Waals surface area contributed by atoms with Gasteiger partial charge < -0.3 is 14.9 Å².